The number of aromatic nitrogens is 3. The molecule has 1 aliphatic carbocycles. The van der Waals surface area contributed by atoms with Gasteiger partial charge in [-0.2, -0.15) is 0 Å². The van der Waals surface area contributed by atoms with Crippen molar-refractivity contribution in [1.29, 1.82) is 0 Å². The molecule has 0 spiro atoms. The number of benzene rings is 8. The van der Waals surface area contributed by atoms with Crippen LogP contribution in [0, 0.1) is 0 Å². The minimum absolute atomic E-state index is 0.195. The van der Waals surface area contributed by atoms with Gasteiger partial charge in [0.1, 0.15) is 0 Å². The maximum atomic E-state index is 2.50. The van der Waals surface area contributed by atoms with Crippen LogP contribution >= 0.6 is 0 Å². The molecular weight excluding hydrogens is 655 g/mol. The highest BCUT2D eigenvalue weighted by Crippen LogP contribution is 2.53. The Balaban J connectivity index is 1.12. The van der Waals surface area contributed by atoms with E-state index in [2.05, 4.69) is 203 Å². The van der Waals surface area contributed by atoms with Gasteiger partial charge in [-0.3, -0.25) is 0 Å². The Morgan fingerprint density at radius 2 is 0.667 bits per heavy atom. The number of fused-ring (bicyclic) bond motifs is 12. The highest BCUT2D eigenvalue weighted by Gasteiger charge is 2.37. The van der Waals surface area contributed by atoms with Gasteiger partial charge in [0, 0.05) is 54.8 Å². The van der Waals surface area contributed by atoms with Crippen LogP contribution in [-0.4, -0.2) is 13.7 Å². The lowest BCUT2D eigenvalue weighted by Gasteiger charge is -2.22. The van der Waals surface area contributed by atoms with Crippen molar-refractivity contribution in [2.45, 2.75) is 19.3 Å². The van der Waals surface area contributed by atoms with Crippen LogP contribution in [0.5, 0.6) is 0 Å². The van der Waals surface area contributed by atoms with E-state index in [-0.39, 0.29) is 5.41 Å². The van der Waals surface area contributed by atoms with E-state index in [0.717, 1.165) is 0 Å². The summed E-state index contributed by atoms with van der Waals surface area (Å²) in [5.74, 6) is 0. The summed E-state index contributed by atoms with van der Waals surface area (Å²) < 4.78 is 7.32. The Hall–Kier alpha value is -6.84. The summed E-state index contributed by atoms with van der Waals surface area (Å²) in [6.07, 6.45) is 0. The van der Waals surface area contributed by atoms with Crippen LogP contribution in [0.25, 0.3) is 93.6 Å². The van der Waals surface area contributed by atoms with Gasteiger partial charge in [-0.25, -0.2) is 0 Å². The van der Waals surface area contributed by atoms with Gasteiger partial charge in [0.05, 0.1) is 33.1 Å². The molecule has 3 nitrogen and oxygen atoms in total. The quantitative estimate of drug-likeness (QED) is 0.175. The molecule has 0 fully saturated rings. The number of rotatable bonds is 3. The average molecular weight is 690 g/mol. The highest BCUT2D eigenvalue weighted by molar-refractivity contribution is 6.15. The molecule has 0 unspecified atom stereocenters. The topological polar surface area (TPSA) is 14.8 Å². The normalized spacial score (nSPS) is 13.5. The SMILES string of the molecule is CC1(C)c2cc3c(cc2-c2cc4c5ccccc5n(-c5ccc6c(c5)c5ccccc5n6-c5ccccc5)c4cc21)c1ccccc1n3-c1ccccc1. The van der Waals surface area contributed by atoms with Crippen molar-refractivity contribution < 1.29 is 0 Å². The fraction of sp³-hybridized carbons (Fsp3) is 0.0588. The third-order valence-electron chi connectivity index (χ3n) is 12.2. The van der Waals surface area contributed by atoms with Crippen molar-refractivity contribution >= 4 is 65.4 Å². The third kappa shape index (κ3) is 3.85. The molecule has 254 valence electrons. The van der Waals surface area contributed by atoms with E-state index >= 15 is 0 Å². The molecule has 3 heterocycles. The van der Waals surface area contributed by atoms with Gasteiger partial charge < -0.3 is 13.7 Å². The maximum absolute atomic E-state index is 2.50. The maximum Gasteiger partial charge on any atom is 0.0544 e. The van der Waals surface area contributed by atoms with Crippen LogP contribution < -0.4 is 0 Å². The minimum Gasteiger partial charge on any atom is -0.309 e. The molecule has 1 aliphatic rings. The fourth-order valence-corrected chi connectivity index (χ4v) is 9.74. The van der Waals surface area contributed by atoms with Crippen molar-refractivity contribution in [2.24, 2.45) is 0 Å². The smallest absolute Gasteiger partial charge is 0.0544 e. The van der Waals surface area contributed by atoms with Crippen LogP contribution in [0.4, 0.5) is 0 Å². The second-order valence-corrected chi connectivity index (χ2v) is 15.4. The highest BCUT2D eigenvalue weighted by atomic mass is 15.0. The summed E-state index contributed by atoms with van der Waals surface area (Å²) in [6.45, 7) is 4.81. The zero-order chi connectivity index (χ0) is 35.7. The average Bonchev–Trinajstić information content (AvgIpc) is 3.90. The van der Waals surface area contributed by atoms with Crippen molar-refractivity contribution in [3.63, 3.8) is 0 Å². The van der Waals surface area contributed by atoms with Gasteiger partial charge in [-0.1, -0.05) is 105 Å². The second-order valence-electron chi connectivity index (χ2n) is 15.4. The third-order valence-corrected chi connectivity index (χ3v) is 12.2. The van der Waals surface area contributed by atoms with E-state index in [0.29, 0.717) is 0 Å². The van der Waals surface area contributed by atoms with Crippen molar-refractivity contribution in [3.8, 4) is 28.2 Å². The molecule has 11 aromatic rings. The summed E-state index contributed by atoms with van der Waals surface area (Å²) in [5.41, 5.74) is 16.2. The zero-order valence-corrected chi connectivity index (χ0v) is 30.1. The predicted molar refractivity (Wildman–Crippen MR) is 227 cm³/mol. The molecule has 8 aromatic carbocycles. The summed E-state index contributed by atoms with van der Waals surface area (Å²) >= 11 is 0. The minimum atomic E-state index is -0.195. The Morgan fingerprint density at radius 1 is 0.296 bits per heavy atom. The van der Waals surface area contributed by atoms with Gasteiger partial charge in [0.2, 0.25) is 0 Å². The van der Waals surface area contributed by atoms with Crippen molar-refractivity contribution in [1.82, 2.24) is 13.7 Å². The summed E-state index contributed by atoms with van der Waals surface area (Å²) in [5, 5.41) is 7.65. The molecule has 0 aliphatic heterocycles. The molecule has 0 saturated carbocycles. The summed E-state index contributed by atoms with van der Waals surface area (Å²) in [6, 6.07) is 65.0. The van der Waals surface area contributed by atoms with Crippen molar-refractivity contribution in [2.75, 3.05) is 0 Å². The number of nitrogens with zero attached hydrogens (tertiary/aromatic N) is 3. The van der Waals surface area contributed by atoms with Gasteiger partial charge in [0.25, 0.3) is 0 Å². The Labute approximate surface area is 312 Å². The summed E-state index contributed by atoms with van der Waals surface area (Å²) in [4.78, 5) is 0. The first-order valence-electron chi connectivity index (χ1n) is 18.9. The molecule has 0 amide bonds. The molecule has 0 atom stereocenters. The van der Waals surface area contributed by atoms with E-state index in [1.165, 1.54) is 105 Å². The molecule has 3 heteroatoms. The lowest BCUT2D eigenvalue weighted by Crippen LogP contribution is -2.15. The van der Waals surface area contributed by atoms with Crippen LogP contribution in [-0.2, 0) is 5.41 Å². The van der Waals surface area contributed by atoms with Gasteiger partial charge in [0.15, 0.2) is 0 Å². The lowest BCUT2D eigenvalue weighted by atomic mass is 9.82. The van der Waals surface area contributed by atoms with Gasteiger partial charge in [-0.15, -0.1) is 0 Å². The first kappa shape index (κ1) is 29.7. The number of hydrogen-bond acceptors (Lipinski definition) is 0. The van der Waals surface area contributed by atoms with Crippen LogP contribution in [0.15, 0.2) is 176 Å². The van der Waals surface area contributed by atoms with Crippen LogP contribution in [0.3, 0.4) is 0 Å². The van der Waals surface area contributed by atoms with E-state index in [1.54, 1.807) is 0 Å². The van der Waals surface area contributed by atoms with E-state index < -0.39 is 0 Å². The Kier molecular flexibility index (Phi) is 5.84. The van der Waals surface area contributed by atoms with Crippen molar-refractivity contribution in [3.05, 3.63) is 187 Å². The van der Waals surface area contributed by atoms with Gasteiger partial charge >= 0.3 is 0 Å². The molecule has 12 rings (SSSR count). The zero-order valence-electron chi connectivity index (χ0n) is 30.1. The first-order valence-corrected chi connectivity index (χ1v) is 18.9. The Morgan fingerprint density at radius 3 is 1.15 bits per heavy atom. The first-order chi connectivity index (χ1) is 26.6. The molecule has 0 radical (unpaired) electrons. The van der Waals surface area contributed by atoms with E-state index in [4.69, 9.17) is 0 Å². The molecule has 0 bridgehead atoms. The number of para-hydroxylation sites is 5. The molecule has 54 heavy (non-hydrogen) atoms. The largest absolute Gasteiger partial charge is 0.309 e. The van der Waals surface area contributed by atoms with Crippen LogP contribution in [0.1, 0.15) is 25.0 Å². The molecule has 0 saturated heterocycles. The number of hydrogen-bond donors (Lipinski definition) is 0. The second kappa shape index (κ2) is 10.6. The molecule has 0 N–H and O–H groups in total. The lowest BCUT2D eigenvalue weighted by molar-refractivity contribution is 0.661. The Bertz CT molecular complexity index is 3340. The molecular formula is C51H35N3. The fourth-order valence-electron chi connectivity index (χ4n) is 9.74. The van der Waals surface area contributed by atoms with Crippen LogP contribution in [0.2, 0.25) is 0 Å². The van der Waals surface area contributed by atoms with Gasteiger partial charge in [-0.05, 0) is 107 Å². The standard InChI is InChI=1S/C51H35N3/c1-51(2)43-30-49-41(36-20-10-13-23-46(36)53(49)33-17-7-4-8-18-33)28-38(43)39-29-42-37-21-11-14-24-47(37)54(50(42)31-44(39)51)34-25-26-48-40(27-34)35-19-9-12-22-45(35)52(48)32-15-5-3-6-16-32/h3-31H,1-2H3. The molecule has 3 aromatic heterocycles. The summed E-state index contributed by atoms with van der Waals surface area (Å²) in [7, 11) is 0. The van der Waals surface area contributed by atoms with E-state index in [1.807, 2.05) is 0 Å². The monoisotopic (exact) mass is 689 g/mol. The predicted octanol–water partition coefficient (Wildman–Crippen LogP) is 13.3. The van der Waals surface area contributed by atoms with E-state index in [9.17, 15) is 0 Å².